The molecule has 0 amide bonds. The van der Waals surface area contributed by atoms with E-state index < -0.39 is 21.8 Å². The molecule has 0 aromatic heterocycles. The van der Waals surface area contributed by atoms with Gasteiger partial charge < -0.3 is 6.53 Å². The van der Waals surface area contributed by atoms with E-state index in [1.54, 1.807) is 0 Å². The Hall–Kier alpha value is 0.756. The molecule has 0 aromatic carbocycles. The Kier molecular flexibility index (Phi) is 8.85. The molecule has 2 N–H and O–H groups in total. The standard InChI is InChI=1S/C6H10O5S.K.H/c1-5(6(7)8)3-2-4-12(9,10)11;;/h1-4H2,(H,7,8)(H,9,10,11);;/q;+1;-1. The van der Waals surface area contributed by atoms with Gasteiger partial charge in [0, 0.05) is 5.57 Å². The van der Waals surface area contributed by atoms with Crippen molar-refractivity contribution < 1.29 is 75.7 Å². The Balaban J connectivity index is -0.000000605. The molecule has 0 bridgehead atoms. The molecule has 0 saturated carbocycles. The Labute approximate surface area is 121 Å². The van der Waals surface area contributed by atoms with E-state index in [1.807, 2.05) is 0 Å². The summed E-state index contributed by atoms with van der Waals surface area (Å²) in [5.74, 6) is -1.58. The molecule has 0 atom stereocenters. The summed E-state index contributed by atoms with van der Waals surface area (Å²) in [6.07, 6.45) is 0.138. The van der Waals surface area contributed by atoms with Gasteiger partial charge in [-0.05, 0) is 12.8 Å². The molecule has 13 heavy (non-hydrogen) atoms. The summed E-state index contributed by atoms with van der Waals surface area (Å²) in [6.45, 7) is 3.20. The summed E-state index contributed by atoms with van der Waals surface area (Å²) in [6, 6.07) is 0. The molecule has 0 saturated heterocycles. The zero-order valence-electron chi connectivity index (χ0n) is 8.36. The van der Waals surface area contributed by atoms with Gasteiger partial charge in [0.05, 0.1) is 5.75 Å². The normalized spacial score (nSPS) is 10.2. The molecule has 0 radical (unpaired) electrons. The van der Waals surface area contributed by atoms with E-state index in [0.29, 0.717) is 0 Å². The van der Waals surface area contributed by atoms with Crippen molar-refractivity contribution in [3.8, 4) is 0 Å². The second-order valence-corrected chi connectivity index (χ2v) is 3.87. The van der Waals surface area contributed by atoms with Crippen LogP contribution in [0.5, 0.6) is 0 Å². The van der Waals surface area contributed by atoms with Crippen molar-refractivity contribution in [3.05, 3.63) is 12.2 Å². The first-order valence-electron chi connectivity index (χ1n) is 3.19. The van der Waals surface area contributed by atoms with Crippen molar-refractivity contribution in [1.29, 1.82) is 0 Å². The molecule has 0 unspecified atom stereocenters. The van der Waals surface area contributed by atoms with E-state index in [4.69, 9.17) is 9.66 Å². The van der Waals surface area contributed by atoms with Gasteiger partial charge in [-0.25, -0.2) is 4.79 Å². The summed E-state index contributed by atoms with van der Waals surface area (Å²) < 4.78 is 28.6. The molecule has 0 aliphatic heterocycles. The molecule has 0 aliphatic rings. The maximum atomic E-state index is 10.2. The second-order valence-electron chi connectivity index (χ2n) is 2.30. The van der Waals surface area contributed by atoms with Crippen LogP contribution in [0.1, 0.15) is 14.3 Å². The zero-order chi connectivity index (χ0) is 9.78. The van der Waals surface area contributed by atoms with Crippen LogP contribution in [0.3, 0.4) is 0 Å². The van der Waals surface area contributed by atoms with Crippen molar-refractivity contribution in [2.45, 2.75) is 12.8 Å². The van der Waals surface area contributed by atoms with Crippen LogP contribution in [-0.4, -0.2) is 29.8 Å². The van der Waals surface area contributed by atoms with Gasteiger partial charge in [0.2, 0.25) is 0 Å². The van der Waals surface area contributed by atoms with E-state index >= 15 is 0 Å². The molecule has 0 aliphatic carbocycles. The number of carboxylic acid groups (broad SMARTS) is 1. The van der Waals surface area contributed by atoms with Crippen LogP contribution < -0.4 is 51.4 Å². The number of aliphatic carboxylic acids is 1. The van der Waals surface area contributed by atoms with Crippen molar-refractivity contribution >= 4 is 16.1 Å². The van der Waals surface area contributed by atoms with Crippen molar-refractivity contribution in [1.82, 2.24) is 0 Å². The van der Waals surface area contributed by atoms with Crippen LogP contribution in [0.2, 0.25) is 0 Å². The summed E-state index contributed by atoms with van der Waals surface area (Å²) in [5, 5.41) is 8.30. The fourth-order valence-electron chi connectivity index (χ4n) is 0.575. The molecule has 0 fully saturated rings. The quantitative estimate of drug-likeness (QED) is 0.309. The monoisotopic (exact) mass is 234 g/mol. The minimum atomic E-state index is -3.98. The average molecular weight is 234 g/mol. The molecule has 0 rings (SSSR count). The van der Waals surface area contributed by atoms with Crippen LogP contribution in [-0.2, 0) is 14.9 Å². The molecular weight excluding hydrogens is 223 g/mol. The summed E-state index contributed by atoms with van der Waals surface area (Å²) >= 11 is 0. The summed E-state index contributed by atoms with van der Waals surface area (Å²) in [7, 11) is -3.98. The van der Waals surface area contributed by atoms with Gasteiger partial charge in [-0.3, -0.25) is 4.55 Å². The SMILES string of the molecule is C=C(CCCS(=O)(=O)O)C(=O)O.[H-].[K+]. The predicted octanol–water partition coefficient (Wildman–Crippen LogP) is -2.59. The average Bonchev–Trinajstić information content (AvgIpc) is 1.84. The van der Waals surface area contributed by atoms with Crippen molar-refractivity contribution in [2.75, 3.05) is 5.75 Å². The second kappa shape index (κ2) is 7.10. The van der Waals surface area contributed by atoms with Gasteiger partial charge >= 0.3 is 57.4 Å². The van der Waals surface area contributed by atoms with Gasteiger partial charge in [0.25, 0.3) is 10.1 Å². The van der Waals surface area contributed by atoms with E-state index in [2.05, 4.69) is 6.58 Å². The first-order valence-corrected chi connectivity index (χ1v) is 4.80. The number of carbonyl (C=O) groups is 1. The summed E-state index contributed by atoms with van der Waals surface area (Å²) in [5.41, 5.74) is -0.0568. The number of carboxylic acids is 1. The van der Waals surface area contributed by atoms with E-state index in [1.165, 1.54) is 0 Å². The minimum absolute atomic E-state index is 0. The van der Waals surface area contributed by atoms with E-state index in [-0.39, 0.29) is 71.2 Å². The third-order valence-corrected chi connectivity index (χ3v) is 1.99. The Morgan fingerprint density at radius 1 is 1.46 bits per heavy atom. The van der Waals surface area contributed by atoms with Crippen LogP contribution in [0.4, 0.5) is 0 Å². The molecule has 0 heterocycles. The van der Waals surface area contributed by atoms with Gasteiger partial charge in [-0.2, -0.15) is 8.42 Å². The maximum Gasteiger partial charge on any atom is 1.00 e. The maximum absolute atomic E-state index is 10.2. The van der Waals surface area contributed by atoms with Gasteiger partial charge in [-0.15, -0.1) is 0 Å². The van der Waals surface area contributed by atoms with E-state index in [0.717, 1.165) is 0 Å². The molecule has 5 nitrogen and oxygen atoms in total. The van der Waals surface area contributed by atoms with Crippen molar-refractivity contribution in [3.63, 3.8) is 0 Å². The minimum Gasteiger partial charge on any atom is -1.00 e. The number of hydrogen-bond donors (Lipinski definition) is 2. The van der Waals surface area contributed by atoms with Crippen LogP contribution >= 0.6 is 0 Å². The van der Waals surface area contributed by atoms with Gasteiger partial charge in [-0.1, -0.05) is 6.58 Å². The molecular formula is C6H11KO5S. The molecule has 72 valence electrons. The smallest absolute Gasteiger partial charge is 1.00 e. The molecule has 0 aromatic rings. The number of hydrogen-bond acceptors (Lipinski definition) is 3. The van der Waals surface area contributed by atoms with E-state index in [9.17, 15) is 13.2 Å². The Bertz CT molecular complexity index is 287. The third-order valence-electron chi connectivity index (χ3n) is 1.18. The first-order chi connectivity index (χ1) is 5.33. The number of rotatable bonds is 5. The van der Waals surface area contributed by atoms with Crippen LogP contribution in [0, 0.1) is 0 Å². The molecule has 7 heteroatoms. The Morgan fingerprint density at radius 2 is 1.92 bits per heavy atom. The zero-order valence-corrected chi connectivity index (χ0v) is 11.3. The fraction of sp³-hybridized carbons (Fsp3) is 0.500. The van der Waals surface area contributed by atoms with Gasteiger partial charge in [0.15, 0.2) is 0 Å². The van der Waals surface area contributed by atoms with Crippen LogP contribution in [0.25, 0.3) is 0 Å². The largest absolute Gasteiger partial charge is 1.00 e. The Morgan fingerprint density at radius 3 is 2.23 bits per heavy atom. The third kappa shape index (κ3) is 10.7. The summed E-state index contributed by atoms with van der Waals surface area (Å²) in [4.78, 5) is 10.1. The van der Waals surface area contributed by atoms with Crippen LogP contribution in [0.15, 0.2) is 12.2 Å². The van der Waals surface area contributed by atoms with Gasteiger partial charge in [0.1, 0.15) is 0 Å². The molecule has 0 spiro atoms. The first kappa shape index (κ1) is 16.2. The fourth-order valence-corrected chi connectivity index (χ4v) is 1.08. The topological polar surface area (TPSA) is 91.7 Å². The van der Waals surface area contributed by atoms with Crippen molar-refractivity contribution in [2.24, 2.45) is 0 Å². The predicted molar refractivity (Wildman–Crippen MR) is 43.5 cm³/mol.